The third-order valence-electron chi connectivity index (χ3n) is 2.65. The Bertz CT molecular complexity index is 411. The van der Waals surface area contributed by atoms with Crippen LogP contribution in [0.1, 0.15) is 56.0 Å². The van der Waals surface area contributed by atoms with Crippen LogP contribution in [-0.2, 0) is 0 Å². The summed E-state index contributed by atoms with van der Waals surface area (Å²) in [4.78, 5) is 12.1. The highest BCUT2D eigenvalue weighted by Crippen LogP contribution is 2.26. The van der Waals surface area contributed by atoms with Crippen LogP contribution >= 0.6 is 11.6 Å². The van der Waals surface area contributed by atoms with Crippen LogP contribution in [0, 0.1) is 0 Å². The highest BCUT2D eigenvalue weighted by Gasteiger charge is 2.15. The van der Waals surface area contributed by atoms with Crippen LogP contribution in [0.3, 0.4) is 0 Å². The molecule has 0 saturated heterocycles. The lowest BCUT2D eigenvalue weighted by molar-refractivity contribution is 0.0983. The van der Waals surface area contributed by atoms with Gasteiger partial charge in [-0.05, 0) is 37.5 Å². The molecule has 0 spiro atoms. The maximum atomic E-state index is 12.1. The van der Waals surface area contributed by atoms with Crippen LogP contribution in [0.25, 0.3) is 0 Å². The molecule has 18 heavy (non-hydrogen) atoms. The van der Waals surface area contributed by atoms with E-state index in [1.165, 1.54) is 0 Å². The van der Waals surface area contributed by atoms with Crippen molar-refractivity contribution < 1.29 is 9.53 Å². The summed E-state index contributed by atoms with van der Waals surface area (Å²) in [6, 6.07) is 5.83. The monoisotopic (exact) mass is 268 g/mol. The molecular formula is C15H21ClO2. The first-order valence-corrected chi connectivity index (χ1v) is 6.89. The molecule has 0 aliphatic rings. The molecule has 0 fully saturated rings. The van der Waals surface area contributed by atoms with Crippen molar-refractivity contribution in [2.75, 3.05) is 5.88 Å². The molecule has 100 valence electrons. The number of Topliss-reactive ketones (excluding diaryl/α,β-unsaturated/α-hetero) is 1. The molecule has 0 amide bonds. The normalized spacial score (nSPS) is 11.1. The van der Waals surface area contributed by atoms with E-state index in [2.05, 4.69) is 13.8 Å². The van der Waals surface area contributed by atoms with Gasteiger partial charge >= 0.3 is 0 Å². The van der Waals surface area contributed by atoms with Crippen LogP contribution in [0.15, 0.2) is 18.2 Å². The minimum absolute atomic E-state index is 0.0446. The lowest BCUT2D eigenvalue weighted by atomic mass is 9.97. The Morgan fingerprint density at radius 2 is 1.94 bits per heavy atom. The molecule has 0 unspecified atom stereocenters. The van der Waals surface area contributed by atoms with E-state index in [1.807, 2.05) is 32.0 Å². The van der Waals surface area contributed by atoms with Crippen molar-refractivity contribution in [2.45, 2.75) is 46.1 Å². The van der Waals surface area contributed by atoms with Crippen LogP contribution in [-0.4, -0.2) is 17.8 Å². The second kappa shape index (κ2) is 6.79. The fraction of sp³-hybridized carbons (Fsp3) is 0.533. The molecule has 3 heteroatoms. The summed E-state index contributed by atoms with van der Waals surface area (Å²) in [6.07, 6.45) is 0.398. The average Bonchev–Trinajstić information content (AvgIpc) is 2.28. The zero-order valence-corrected chi connectivity index (χ0v) is 12.3. The smallest absolute Gasteiger partial charge is 0.167 e. The van der Waals surface area contributed by atoms with Gasteiger partial charge in [-0.1, -0.05) is 19.9 Å². The van der Waals surface area contributed by atoms with E-state index in [0.717, 1.165) is 5.56 Å². The number of ether oxygens (including phenoxy) is 1. The molecule has 0 aliphatic carbocycles. The molecule has 0 aromatic heterocycles. The van der Waals surface area contributed by atoms with Gasteiger partial charge in [0.05, 0.1) is 11.7 Å². The van der Waals surface area contributed by atoms with E-state index < -0.39 is 0 Å². The zero-order chi connectivity index (χ0) is 13.7. The second-order valence-corrected chi connectivity index (χ2v) is 5.32. The number of carbonyl (C=O) groups is 1. The zero-order valence-electron chi connectivity index (χ0n) is 11.5. The number of hydrogen-bond acceptors (Lipinski definition) is 2. The highest BCUT2D eigenvalue weighted by molar-refractivity contribution is 6.19. The maximum Gasteiger partial charge on any atom is 0.167 e. The van der Waals surface area contributed by atoms with Crippen molar-refractivity contribution in [3.63, 3.8) is 0 Å². The number of carbonyl (C=O) groups excluding carboxylic acids is 1. The van der Waals surface area contributed by atoms with Gasteiger partial charge in [0.1, 0.15) is 5.75 Å². The van der Waals surface area contributed by atoms with Gasteiger partial charge in [-0.15, -0.1) is 11.6 Å². The number of benzene rings is 1. The van der Waals surface area contributed by atoms with Crippen LogP contribution in [0.2, 0.25) is 0 Å². The summed E-state index contributed by atoms with van der Waals surface area (Å²) < 4.78 is 5.68. The molecule has 0 heterocycles. The van der Waals surface area contributed by atoms with Crippen molar-refractivity contribution >= 4 is 17.4 Å². The first-order chi connectivity index (χ1) is 8.45. The first-order valence-electron chi connectivity index (χ1n) is 6.35. The minimum Gasteiger partial charge on any atom is -0.490 e. The quantitative estimate of drug-likeness (QED) is 0.564. The number of hydrogen-bond donors (Lipinski definition) is 0. The fourth-order valence-electron chi connectivity index (χ4n) is 1.70. The molecule has 0 atom stereocenters. The van der Waals surface area contributed by atoms with Crippen LogP contribution in [0.4, 0.5) is 0 Å². The number of halogens is 1. The standard InChI is InChI=1S/C15H21ClO2/c1-10(2)12-5-6-15(18-11(3)4)13(9-12)14(17)7-8-16/h5-6,9-11H,7-8H2,1-4H3. The molecule has 1 aromatic carbocycles. The van der Waals surface area contributed by atoms with Crippen molar-refractivity contribution in [2.24, 2.45) is 0 Å². The molecule has 0 aliphatic heterocycles. The Morgan fingerprint density at radius 3 is 2.44 bits per heavy atom. The van der Waals surface area contributed by atoms with E-state index in [0.29, 0.717) is 29.5 Å². The number of ketones is 1. The van der Waals surface area contributed by atoms with Crippen molar-refractivity contribution in [1.82, 2.24) is 0 Å². The topological polar surface area (TPSA) is 26.3 Å². The summed E-state index contributed by atoms with van der Waals surface area (Å²) in [6.45, 7) is 8.11. The molecule has 0 N–H and O–H groups in total. The molecular weight excluding hydrogens is 248 g/mol. The summed E-state index contributed by atoms with van der Waals surface area (Å²) in [5, 5.41) is 0. The van der Waals surface area contributed by atoms with Gasteiger partial charge in [0.2, 0.25) is 0 Å². The Morgan fingerprint density at radius 1 is 1.28 bits per heavy atom. The van der Waals surface area contributed by atoms with Crippen molar-refractivity contribution in [3.05, 3.63) is 29.3 Å². The van der Waals surface area contributed by atoms with E-state index in [9.17, 15) is 4.79 Å². The van der Waals surface area contributed by atoms with Crippen molar-refractivity contribution in [1.29, 1.82) is 0 Å². The van der Waals surface area contributed by atoms with Crippen LogP contribution in [0.5, 0.6) is 5.75 Å². The summed E-state index contributed by atoms with van der Waals surface area (Å²) >= 11 is 5.65. The molecule has 0 radical (unpaired) electrons. The Kier molecular flexibility index (Phi) is 5.67. The molecule has 1 rings (SSSR count). The van der Waals surface area contributed by atoms with E-state index in [1.54, 1.807) is 0 Å². The SMILES string of the molecule is CC(C)Oc1ccc(C(C)C)cc1C(=O)CCCl. The summed E-state index contributed by atoms with van der Waals surface area (Å²) in [5.41, 5.74) is 1.79. The second-order valence-electron chi connectivity index (χ2n) is 4.94. The van der Waals surface area contributed by atoms with E-state index >= 15 is 0 Å². The predicted octanol–water partition coefficient (Wildman–Crippen LogP) is 4.41. The molecule has 1 aromatic rings. The molecule has 0 bridgehead atoms. The van der Waals surface area contributed by atoms with Gasteiger partial charge < -0.3 is 4.74 Å². The lowest BCUT2D eigenvalue weighted by Gasteiger charge is -2.16. The van der Waals surface area contributed by atoms with Gasteiger partial charge in [0, 0.05) is 12.3 Å². The third-order valence-corrected chi connectivity index (χ3v) is 2.84. The van der Waals surface area contributed by atoms with Gasteiger partial charge in [-0.2, -0.15) is 0 Å². The lowest BCUT2D eigenvalue weighted by Crippen LogP contribution is -2.11. The first kappa shape index (κ1) is 15.0. The Hall–Kier alpha value is -1.02. The Labute approximate surface area is 114 Å². The average molecular weight is 269 g/mol. The number of alkyl halides is 1. The fourth-order valence-corrected chi connectivity index (χ4v) is 1.87. The summed E-state index contributed by atoms with van der Waals surface area (Å²) in [5.74, 6) is 1.43. The van der Waals surface area contributed by atoms with Crippen molar-refractivity contribution in [3.8, 4) is 5.75 Å². The third kappa shape index (κ3) is 4.02. The van der Waals surface area contributed by atoms with Gasteiger partial charge in [-0.25, -0.2) is 0 Å². The van der Waals surface area contributed by atoms with Gasteiger partial charge in [0.25, 0.3) is 0 Å². The summed E-state index contributed by atoms with van der Waals surface area (Å²) in [7, 11) is 0. The molecule has 2 nitrogen and oxygen atoms in total. The molecule has 0 saturated carbocycles. The highest BCUT2D eigenvalue weighted by atomic mass is 35.5. The minimum atomic E-state index is 0.0446. The van der Waals surface area contributed by atoms with Gasteiger partial charge in [-0.3, -0.25) is 4.79 Å². The van der Waals surface area contributed by atoms with Crippen LogP contribution < -0.4 is 4.74 Å². The largest absolute Gasteiger partial charge is 0.490 e. The Balaban J connectivity index is 3.13. The number of rotatable bonds is 6. The predicted molar refractivity (Wildman–Crippen MR) is 76.0 cm³/mol. The maximum absolute atomic E-state index is 12.1. The van der Waals surface area contributed by atoms with E-state index in [4.69, 9.17) is 16.3 Å². The van der Waals surface area contributed by atoms with Gasteiger partial charge in [0.15, 0.2) is 5.78 Å². The van der Waals surface area contributed by atoms with E-state index in [-0.39, 0.29) is 11.9 Å².